The van der Waals surface area contributed by atoms with E-state index < -0.39 is 0 Å². The fourth-order valence-corrected chi connectivity index (χ4v) is 2.75. The van der Waals surface area contributed by atoms with Crippen LogP contribution in [0.25, 0.3) is 5.65 Å². The quantitative estimate of drug-likeness (QED) is 0.898. The SMILES string of the molecule is CCc1nn2c(C)cc(N3CCCCC3)nc2c1N. The van der Waals surface area contributed by atoms with Crippen molar-refractivity contribution in [2.45, 2.75) is 39.5 Å². The van der Waals surface area contributed by atoms with Gasteiger partial charge in [-0.1, -0.05) is 6.92 Å². The van der Waals surface area contributed by atoms with Gasteiger partial charge in [0, 0.05) is 24.8 Å². The smallest absolute Gasteiger partial charge is 0.180 e. The maximum absolute atomic E-state index is 6.15. The van der Waals surface area contributed by atoms with Gasteiger partial charge in [0.2, 0.25) is 0 Å². The van der Waals surface area contributed by atoms with Gasteiger partial charge < -0.3 is 10.6 Å². The highest BCUT2D eigenvalue weighted by atomic mass is 15.3. The van der Waals surface area contributed by atoms with E-state index in [1.165, 1.54) is 19.3 Å². The molecule has 0 saturated carbocycles. The summed E-state index contributed by atoms with van der Waals surface area (Å²) in [6.45, 7) is 6.32. The van der Waals surface area contributed by atoms with Crippen LogP contribution in [-0.4, -0.2) is 27.7 Å². The highest BCUT2D eigenvalue weighted by molar-refractivity contribution is 5.70. The van der Waals surface area contributed by atoms with Crippen molar-refractivity contribution >= 4 is 17.2 Å². The number of nitrogens with zero attached hydrogens (tertiary/aromatic N) is 4. The zero-order valence-corrected chi connectivity index (χ0v) is 11.7. The number of nitrogen functional groups attached to an aromatic ring is 1. The second kappa shape index (κ2) is 4.72. The van der Waals surface area contributed by atoms with Crippen molar-refractivity contribution in [3.8, 4) is 0 Å². The summed E-state index contributed by atoms with van der Waals surface area (Å²) in [7, 11) is 0. The minimum Gasteiger partial charge on any atom is -0.394 e. The molecule has 0 radical (unpaired) electrons. The zero-order chi connectivity index (χ0) is 13.4. The highest BCUT2D eigenvalue weighted by Crippen LogP contribution is 2.24. The summed E-state index contributed by atoms with van der Waals surface area (Å²) in [5.41, 5.74) is 9.71. The number of nitrogens with two attached hydrogens (primary N) is 1. The summed E-state index contributed by atoms with van der Waals surface area (Å²) in [6, 6.07) is 2.12. The molecule has 102 valence electrons. The summed E-state index contributed by atoms with van der Waals surface area (Å²) in [4.78, 5) is 7.08. The number of aryl methyl sites for hydroxylation is 2. The lowest BCUT2D eigenvalue weighted by atomic mass is 10.1. The molecular formula is C14H21N5. The molecule has 0 atom stereocenters. The lowest BCUT2D eigenvalue weighted by Gasteiger charge is -2.28. The van der Waals surface area contributed by atoms with E-state index in [2.05, 4.69) is 29.9 Å². The van der Waals surface area contributed by atoms with Crippen molar-refractivity contribution < 1.29 is 0 Å². The molecule has 1 aliphatic heterocycles. The molecule has 0 bridgehead atoms. The number of fused-ring (bicyclic) bond motifs is 1. The van der Waals surface area contributed by atoms with E-state index in [0.29, 0.717) is 0 Å². The average molecular weight is 259 g/mol. The number of hydrogen-bond donors (Lipinski definition) is 1. The van der Waals surface area contributed by atoms with Gasteiger partial charge in [0.25, 0.3) is 0 Å². The van der Waals surface area contributed by atoms with Gasteiger partial charge in [-0.25, -0.2) is 9.50 Å². The fraction of sp³-hybridized carbons (Fsp3) is 0.571. The van der Waals surface area contributed by atoms with E-state index in [0.717, 1.165) is 48.1 Å². The number of hydrogen-bond acceptors (Lipinski definition) is 4. The number of piperidine rings is 1. The van der Waals surface area contributed by atoms with Crippen molar-refractivity contribution in [3.05, 3.63) is 17.5 Å². The highest BCUT2D eigenvalue weighted by Gasteiger charge is 2.17. The predicted octanol–water partition coefficient (Wildman–Crippen LogP) is 2.17. The van der Waals surface area contributed by atoms with Crippen LogP contribution in [0.2, 0.25) is 0 Å². The second-order valence-electron chi connectivity index (χ2n) is 5.25. The van der Waals surface area contributed by atoms with Crippen LogP contribution in [0.3, 0.4) is 0 Å². The summed E-state index contributed by atoms with van der Waals surface area (Å²) in [5, 5.41) is 4.53. The summed E-state index contributed by atoms with van der Waals surface area (Å²) in [6.07, 6.45) is 4.67. The Hall–Kier alpha value is -1.78. The van der Waals surface area contributed by atoms with Crippen molar-refractivity contribution in [2.75, 3.05) is 23.7 Å². The first-order valence-electron chi connectivity index (χ1n) is 7.10. The second-order valence-corrected chi connectivity index (χ2v) is 5.25. The van der Waals surface area contributed by atoms with Crippen LogP contribution in [0.5, 0.6) is 0 Å². The molecule has 5 heteroatoms. The largest absolute Gasteiger partial charge is 0.394 e. The van der Waals surface area contributed by atoms with E-state index in [9.17, 15) is 0 Å². The van der Waals surface area contributed by atoms with Gasteiger partial charge in [-0.3, -0.25) is 0 Å². The monoisotopic (exact) mass is 259 g/mol. The van der Waals surface area contributed by atoms with Gasteiger partial charge in [-0.2, -0.15) is 5.10 Å². The molecule has 3 heterocycles. The van der Waals surface area contributed by atoms with E-state index in [4.69, 9.17) is 10.7 Å². The molecule has 2 aromatic heterocycles. The van der Waals surface area contributed by atoms with Crippen LogP contribution in [-0.2, 0) is 6.42 Å². The first-order chi connectivity index (χ1) is 9.20. The van der Waals surface area contributed by atoms with E-state index in [-0.39, 0.29) is 0 Å². The van der Waals surface area contributed by atoms with Crippen molar-refractivity contribution in [1.29, 1.82) is 0 Å². The third-order valence-electron chi connectivity index (χ3n) is 3.88. The normalized spacial score (nSPS) is 16.2. The van der Waals surface area contributed by atoms with E-state index >= 15 is 0 Å². The standard InChI is InChI=1S/C14H21N5/c1-3-11-13(15)14-16-12(9-10(2)19(14)17-11)18-7-5-4-6-8-18/h9H,3-8,15H2,1-2H3. The van der Waals surface area contributed by atoms with E-state index in [1.807, 2.05) is 4.52 Å². The minimum atomic E-state index is 0.726. The molecule has 2 aromatic rings. The Morgan fingerprint density at radius 2 is 2.00 bits per heavy atom. The Balaban J connectivity index is 2.09. The summed E-state index contributed by atoms with van der Waals surface area (Å²) >= 11 is 0. The molecule has 1 fully saturated rings. The Kier molecular flexibility index (Phi) is 3.05. The van der Waals surface area contributed by atoms with Crippen LogP contribution in [0, 0.1) is 6.92 Å². The van der Waals surface area contributed by atoms with Crippen molar-refractivity contribution in [2.24, 2.45) is 0 Å². The molecule has 5 nitrogen and oxygen atoms in total. The molecule has 2 N–H and O–H groups in total. The Morgan fingerprint density at radius 3 is 2.68 bits per heavy atom. The minimum absolute atomic E-state index is 0.726. The molecule has 0 unspecified atom stereocenters. The first-order valence-corrected chi connectivity index (χ1v) is 7.10. The lowest BCUT2D eigenvalue weighted by molar-refractivity contribution is 0.573. The van der Waals surface area contributed by atoms with Crippen LogP contribution in [0.15, 0.2) is 6.07 Å². The summed E-state index contributed by atoms with van der Waals surface area (Å²) in [5.74, 6) is 1.04. The van der Waals surface area contributed by atoms with Crippen LogP contribution in [0.4, 0.5) is 11.5 Å². The van der Waals surface area contributed by atoms with Gasteiger partial charge in [0.15, 0.2) is 5.65 Å². The Bertz CT molecular complexity index is 595. The van der Waals surface area contributed by atoms with Crippen LogP contribution >= 0.6 is 0 Å². The molecule has 0 aliphatic carbocycles. The lowest BCUT2D eigenvalue weighted by Crippen LogP contribution is -2.30. The Morgan fingerprint density at radius 1 is 1.26 bits per heavy atom. The van der Waals surface area contributed by atoms with Gasteiger partial charge in [0.1, 0.15) is 11.5 Å². The third-order valence-corrected chi connectivity index (χ3v) is 3.88. The molecule has 1 saturated heterocycles. The van der Waals surface area contributed by atoms with Crippen LogP contribution < -0.4 is 10.6 Å². The molecule has 0 aromatic carbocycles. The molecule has 3 rings (SSSR count). The Labute approximate surface area is 113 Å². The van der Waals surface area contributed by atoms with Crippen molar-refractivity contribution in [1.82, 2.24) is 14.6 Å². The number of rotatable bonds is 2. The maximum atomic E-state index is 6.15. The maximum Gasteiger partial charge on any atom is 0.180 e. The molecule has 1 aliphatic rings. The zero-order valence-electron chi connectivity index (χ0n) is 11.7. The molecule has 0 amide bonds. The molecule has 19 heavy (non-hydrogen) atoms. The summed E-state index contributed by atoms with van der Waals surface area (Å²) < 4.78 is 1.86. The van der Waals surface area contributed by atoms with Crippen LogP contribution in [0.1, 0.15) is 37.6 Å². The van der Waals surface area contributed by atoms with Gasteiger partial charge in [-0.15, -0.1) is 0 Å². The third kappa shape index (κ3) is 2.03. The van der Waals surface area contributed by atoms with E-state index in [1.54, 1.807) is 0 Å². The average Bonchev–Trinajstić information content (AvgIpc) is 2.77. The van der Waals surface area contributed by atoms with Crippen molar-refractivity contribution in [3.63, 3.8) is 0 Å². The topological polar surface area (TPSA) is 59.5 Å². The van der Waals surface area contributed by atoms with Gasteiger partial charge >= 0.3 is 0 Å². The first kappa shape index (κ1) is 12.3. The van der Waals surface area contributed by atoms with Gasteiger partial charge in [-0.05, 0) is 32.6 Å². The number of anilines is 2. The number of aromatic nitrogens is 3. The fourth-order valence-electron chi connectivity index (χ4n) is 2.75. The molecular weight excluding hydrogens is 238 g/mol. The molecule has 0 spiro atoms. The van der Waals surface area contributed by atoms with Gasteiger partial charge in [0.05, 0.1) is 5.69 Å². The predicted molar refractivity (Wildman–Crippen MR) is 77.6 cm³/mol.